The quantitative estimate of drug-likeness (QED) is 0.283. The lowest BCUT2D eigenvalue weighted by Gasteiger charge is -2.15. The van der Waals surface area contributed by atoms with Gasteiger partial charge in [-0.1, -0.05) is 23.7 Å². The minimum atomic E-state index is -5.08. The van der Waals surface area contributed by atoms with Crippen LogP contribution in [0.3, 0.4) is 0 Å². The Kier molecular flexibility index (Phi) is 7.54. The largest absolute Gasteiger partial charge is 0.490 e. The number of halogens is 4. The summed E-state index contributed by atoms with van der Waals surface area (Å²) in [4.78, 5) is 35.6. The molecule has 0 amide bonds. The monoisotopic (exact) mass is 495 g/mol. The number of nitrogens with one attached hydrogen (secondary N) is 3. The van der Waals surface area contributed by atoms with Crippen molar-refractivity contribution in [2.45, 2.75) is 12.3 Å². The molecule has 178 valence electrons. The van der Waals surface area contributed by atoms with Crippen LogP contribution in [0.1, 0.15) is 11.7 Å². The van der Waals surface area contributed by atoms with Gasteiger partial charge in [-0.15, -0.1) is 0 Å². The van der Waals surface area contributed by atoms with Crippen LogP contribution >= 0.6 is 11.6 Å². The normalized spacial score (nSPS) is 12.0. The van der Waals surface area contributed by atoms with E-state index in [2.05, 4.69) is 25.3 Å². The van der Waals surface area contributed by atoms with Crippen LogP contribution in [-0.2, 0) is 4.79 Å². The van der Waals surface area contributed by atoms with Crippen molar-refractivity contribution in [3.05, 3.63) is 75.9 Å². The molecule has 13 heteroatoms. The van der Waals surface area contributed by atoms with Gasteiger partial charge in [0.1, 0.15) is 16.9 Å². The number of pyridine rings is 2. The van der Waals surface area contributed by atoms with Gasteiger partial charge in [0.25, 0.3) is 5.56 Å². The molecule has 1 aromatic carbocycles. The van der Waals surface area contributed by atoms with E-state index in [1.54, 1.807) is 55.0 Å². The maximum Gasteiger partial charge on any atom is 0.490 e. The topological polar surface area (TPSA) is 144 Å². The van der Waals surface area contributed by atoms with Crippen LogP contribution in [0, 0.1) is 0 Å². The lowest BCUT2D eigenvalue weighted by atomic mass is 10.1. The molecular formula is C21H17ClF3N5O4. The lowest BCUT2D eigenvalue weighted by molar-refractivity contribution is -0.192. The molecule has 0 spiro atoms. The minimum Gasteiger partial charge on any atom is -0.475 e. The van der Waals surface area contributed by atoms with Gasteiger partial charge in [0.2, 0.25) is 0 Å². The molecule has 34 heavy (non-hydrogen) atoms. The number of aromatic amines is 2. The zero-order valence-electron chi connectivity index (χ0n) is 17.1. The summed E-state index contributed by atoms with van der Waals surface area (Å²) in [5.41, 5.74) is 2.79. The van der Waals surface area contributed by atoms with Crippen molar-refractivity contribution in [2.75, 3.05) is 11.9 Å². The number of imidazole rings is 1. The first kappa shape index (κ1) is 24.7. The van der Waals surface area contributed by atoms with Gasteiger partial charge in [-0.05, 0) is 29.8 Å². The molecule has 4 aromatic rings. The summed E-state index contributed by atoms with van der Waals surface area (Å²) >= 11 is 5.98. The molecule has 0 bridgehead atoms. The van der Waals surface area contributed by atoms with Gasteiger partial charge in [0.15, 0.2) is 0 Å². The Morgan fingerprint density at radius 3 is 2.62 bits per heavy atom. The molecule has 0 saturated heterocycles. The number of carboxylic acids is 1. The Labute approximate surface area is 194 Å². The molecule has 0 aliphatic rings. The Bertz CT molecular complexity index is 1320. The number of rotatable bonds is 5. The van der Waals surface area contributed by atoms with Gasteiger partial charge in [-0.2, -0.15) is 13.2 Å². The predicted molar refractivity (Wildman–Crippen MR) is 119 cm³/mol. The van der Waals surface area contributed by atoms with Crippen LogP contribution in [0.25, 0.3) is 22.4 Å². The Morgan fingerprint density at radius 1 is 1.24 bits per heavy atom. The fourth-order valence-corrected chi connectivity index (χ4v) is 3.07. The maximum atomic E-state index is 12.4. The van der Waals surface area contributed by atoms with E-state index >= 15 is 0 Å². The predicted octanol–water partition coefficient (Wildman–Crippen LogP) is 3.75. The van der Waals surface area contributed by atoms with Gasteiger partial charge in [-0.25, -0.2) is 9.78 Å². The molecule has 1 unspecified atom stereocenters. The van der Waals surface area contributed by atoms with E-state index in [4.69, 9.17) is 21.5 Å². The molecule has 3 heterocycles. The molecule has 9 nitrogen and oxygen atoms in total. The number of aliphatic hydroxyl groups is 1. The summed E-state index contributed by atoms with van der Waals surface area (Å²) in [7, 11) is 0. The number of H-pyrrole nitrogens is 2. The SMILES string of the molecule is O=C(O)C(F)(F)F.O=c1[nH]ccc(NCC(O)c2cccc(Cl)c2)c1-c1nc2cnccc2[nH]1. The van der Waals surface area contributed by atoms with Gasteiger partial charge in [0.05, 0.1) is 23.5 Å². The van der Waals surface area contributed by atoms with Crippen LogP contribution in [-0.4, -0.2) is 48.8 Å². The highest BCUT2D eigenvalue weighted by Crippen LogP contribution is 2.25. The molecule has 5 N–H and O–H groups in total. The second-order valence-corrected chi connectivity index (χ2v) is 7.26. The van der Waals surface area contributed by atoms with Gasteiger partial charge < -0.3 is 25.5 Å². The van der Waals surface area contributed by atoms with E-state index in [9.17, 15) is 23.1 Å². The Hall–Kier alpha value is -3.90. The van der Waals surface area contributed by atoms with Crippen molar-refractivity contribution in [1.29, 1.82) is 0 Å². The fourth-order valence-electron chi connectivity index (χ4n) is 2.87. The van der Waals surface area contributed by atoms with Crippen molar-refractivity contribution < 1.29 is 28.2 Å². The van der Waals surface area contributed by atoms with Crippen LogP contribution in [0.15, 0.2) is 59.8 Å². The number of hydrogen-bond donors (Lipinski definition) is 5. The van der Waals surface area contributed by atoms with Crippen LogP contribution < -0.4 is 10.9 Å². The third kappa shape index (κ3) is 6.11. The second-order valence-electron chi connectivity index (χ2n) is 6.83. The summed E-state index contributed by atoms with van der Waals surface area (Å²) in [6, 6.07) is 10.5. The van der Waals surface area contributed by atoms with Crippen molar-refractivity contribution >= 4 is 34.3 Å². The third-order valence-electron chi connectivity index (χ3n) is 4.44. The molecule has 0 saturated carbocycles. The first-order valence-corrected chi connectivity index (χ1v) is 9.93. The number of hydrogen-bond acceptors (Lipinski definition) is 6. The van der Waals surface area contributed by atoms with Crippen LogP contribution in [0.2, 0.25) is 5.02 Å². The number of aliphatic hydroxyl groups excluding tert-OH is 1. The number of anilines is 1. The first-order chi connectivity index (χ1) is 16.1. The highest BCUT2D eigenvalue weighted by atomic mass is 35.5. The number of alkyl halides is 3. The third-order valence-corrected chi connectivity index (χ3v) is 4.68. The highest BCUT2D eigenvalue weighted by Gasteiger charge is 2.38. The average molecular weight is 496 g/mol. The number of aliphatic carboxylic acids is 1. The number of fused-ring (bicyclic) bond motifs is 1. The van der Waals surface area contributed by atoms with Gasteiger partial charge in [0, 0.05) is 24.0 Å². The van der Waals surface area contributed by atoms with Crippen molar-refractivity contribution in [3.8, 4) is 11.4 Å². The summed E-state index contributed by atoms with van der Waals surface area (Å²) in [5.74, 6) is -2.33. The highest BCUT2D eigenvalue weighted by molar-refractivity contribution is 6.30. The van der Waals surface area contributed by atoms with E-state index in [1.165, 1.54) is 0 Å². The zero-order valence-corrected chi connectivity index (χ0v) is 17.9. The Balaban J connectivity index is 0.000000406. The number of carboxylic acid groups (broad SMARTS) is 1. The molecule has 4 rings (SSSR count). The number of benzene rings is 1. The van der Waals surface area contributed by atoms with Gasteiger partial charge >= 0.3 is 12.1 Å². The van der Waals surface area contributed by atoms with Crippen LogP contribution in [0.4, 0.5) is 18.9 Å². The van der Waals surface area contributed by atoms with E-state index in [0.29, 0.717) is 33.2 Å². The van der Waals surface area contributed by atoms with Crippen molar-refractivity contribution in [2.24, 2.45) is 0 Å². The molecule has 0 fully saturated rings. The zero-order chi connectivity index (χ0) is 24.9. The fraction of sp³-hybridized carbons (Fsp3) is 0.143. The smallest absolute Gasteiger partial charge is 0.475 e. The summed E-state index contributed by atoms with van der Waals surface area (Å²) in [6.07, 6.45) is -1.04. The summed E-state index contributed by atoms with van der Waals surface area (Å²) < 4.78 is 31.7. The second kappa shape index (κ2) is 10.4. The summed E-state index contributed by atoms with van der Waals surface area (Å²) in [6.45, 7) is 0.207. The number of nitrogens with zero attached hydrogens (tertiary/aromatic N) is 2. The first-order valence-electron chi connectivity index (χ1n) is 9.55. The lowest BCUT2D eigenvalue weighted by Crippen LogP contribution is -2.21. The van der Waals surface area contributed by atoms with Crippen LogP contribution in [0.5, 0.6) is 0 Å². The minimum absolute atomic E-state index is 0.207. The Morgan fingerprint density at radius 2 is 1.97 bits per heavy atom. The standard InChI is InChI=1S/C19H16ClN5O2.C2HF3O2/c20-12-3-1-2-11(8-12)16(26)10-23-14-5-7-22-19(27)17(14)18-24-13-4-6-21-9-15(13)25-18;3-2(4,5)1(6)7/h1-9,16,26H,10H2,(H,24,25)(H2,22,23,27);(H,6,7). The average Bonchev–Trinajstić information content (AvgIpc) is 3.21. The van der Waals surface area contributed by atoms with E-state index in [1.807, 2.05) is 0 Å². The molecule has 0 aliphatic carbocycles. The van der Waals surface area contributed by atoms with E-state index in [-0.39, 0.29) is 12.1 Å². The van der Waals surface area contributed by atoms with E-state index in [0.717, 1.165) is 5.52 Å². The number of carbonyl (C=O) groups is 1. The van der Waals surface area contributed by atoms with E-state index < -0.39 is 18.2 Å². The molecular weight excluding hydrogens is 479 g/mol. The molecule has 0 radical (unpaired) electrons. The van der Waals surface area contributed by atoms with Crippen molar-refractivity contribution in [3.63, 3.8) is 0 Å². The summed E-state index contributed by atoms with van der Waals surface area (Å²) in [5, 5.41) is 21.2. The molecule has 0 aliphatic heterocycles. The van der Waals surface area contributed by atoms with Gasteiger partial charge in [-0.3, -0.25) is 9.78 Å². The molecule has 3 aromatic heterocycles. The maximum absolute atomic E-state index is 12.4. The van der Waals surface area contributed by atoms with Crippen molar-refractivity contribution in [1.82, 2.24) is 19.9 Å². The number of aromatic nitrogens is 4. The molecule has 1 atom stereocenters.